The zero-order valence-electron chi connectivity index (χ0n) is 24.3. The van der Waals surface area contributed by atoms with Gasteiger partial charge in [0.15, 0.2) is 5.44 Å². The molecule has 1 heterocycles. The maximum Gasteiger partial charge on any atom is 0.251 e. The molecule has 1 aliphatic heterocycles. The van der Waals surface area contributed by atoms with E-state index in [0.717, 1.165) is 11.8 Å². The Bertz CT molecular complexity index is 1090. The predicted molar refractivity (Wildman–Crippen MR) is 171 cm³/mol. The van der Waals surface area contributed by atoms with E-state index in [2.05, 4.69) is 22.4 Å². The van der Waals surface area contributed by atoms with Crippen molar-refractivity contribution >= 4 is 52.4 Å². The molecule has 1 saturated heterocycles. The fraction of sp³-hybridized carbons (Fsp3) is 0.593. The number of thioether (sulfide) groups is 1. The van der Waals surface area contributed by atoms with Crippen LogP contribution in [0.25, 0.3) is 0 Å². The van der Waals surface area contributed by atoms with Crippen molar-refractivity contribution in [3.05, 3.63) is 29.8 Å². The topological polar surface area (TPSA) is 174 Å². The van der Waals surface area contributed by atoms with Crippen LogP contribution in [0.2, 0.25) is 0 Å². The van der Waals surface area contributed by atoms with Crippen molar-refractivity contribution in [2.45, 2.75) is 42.4 Å². The lowest BCUT2D eigenvalue weighted by molar-refractivity contribution is -0.126. The molecule has 236 valence electrons. The Morgan fingerprint density at radius 2 is 2.16 bits per heavy atom. The van der Waals surface area contributed by atoms with Gasteiger partial charge in [-0.3, -0.25) is 9.59 Å². The molecule has 0 aliphatic carbocycles. The van der Waals surface area contributed by atoms with Crippen molar-refractivity contribution < 1.29 is 38.4 Å². The smallest absolute Gasteiger partial charge is 0.251 e. The molecule has 5 atom stereocenters. The first-order valence-corrected chi connectivity index (χ1v) is 17.2. The van der Waals surface area contributed by atoms with Gasteiger partial charge in [0.2, 0.25) is 13.2 Å². The fourth-order valence-electron chi connectivity index (χ4n) is 3.84. The average Bonchev–Trinajstić information content (AvgIpc) is 3.39. The number of thiocyanates is 1. The summed E-state index contributed by atoms with van der Waals surface area (Å²) in [7, 11) is 3.72. The summed E-state index contributed by atoms with van der Waals surface area (Å²) in [6.45, 7) is 2.94. The molecule has 2 rings (SSSR count). The van der Waals surface area contributed by atoms with E-state index in [1.807, 2.05) is 18.6 Å². The maximum absolute atomic E-state index is 12.1. The highest BCUT2D eigenvalue weighted by molar-refractivity contribution is 8.76. The van der Waals surface area contributed by atoms with Crippen LogP contribution in [0.15, 0.2) is 24.3 Å². The number of rotatable bonds is 20. The van der Waals surface area contributed by atoms with Crippen molar-refractivity contribution in [1.82, 2.24) is 10.6 Å². The second-order valence-electron chi connectivity index (χ2n) is 9.00. The van der Waals surface area contributed by atoms with E-state index in [9.17, 15) is 14.7 Å². The van der Waals surface area contributed by atoms with Gasteiger partial charge < -0.3 is 45.2 Å². The second-order valence-corrected chi connectivity index (χ2v) is 12.7. The number of nitriles is 1. The Kier molecular flexibility index (Phi) is 19.3. The summed E-state index contributed by atoms with van der Waals surface area (Å²) in [6, 6.07) is 6.52. The molecule has 2 unspecified atom stereocenters. The third-order valence-electron chi connectivity index (χ3n) is 5.74. The molecule has 12 nitrogen and oxygen atoms in total. The van der Waals surface area contributed by atoms with Crippen LogP contribution in [0.4, 0.5) is 0 Å². The molecule has 1 aromatic rings. The van der Waals surface area contributed by atoms with Crippen LogP contribution >= 0.6 is 33.3 Å². The van der Waals surface area contributed by atoms with Gasteiger partial charge in [0.25, 0.3) is 5.91 Å². The number of carbonyl (C=O) groups is 2. The highest BCUT2D eigenvalue weighted by atomic mass is 33.1. The number of benzene rings is 1. The zero-order valence-corrected chi connectivity index (χ0v) is 26.8. The number of aliphatic hydroxyl groups is 1. The first-order valence-electron chi connectivity index (χ1n) is 13.7. The van der Waals surface area contributed by atoms with Gasteiger partial charge >= 0.3 is 0 Å². The Hall–Kier alpha value is -2.12. The van der Waals surface area contributed by atoms with Crippen molar-refractivity contribution in [3.8, 4) is 22.9 Å². The van der Waals surface area contributed by atoms with E-state index >= 15 is 0 Å². The number of aliphatic hydroxyl groups excluding tert-OH is 1. The summed E-state index contributed by atoms with van der Waals surface area (Å²) >= 11 is 0.897. The van der Waals surface area contributed by atoms with Gasteiger partial charge in [0, 0.05) is 24.7 Å². The summed E-state index contributed by atoms with van der Waals surface area (Å²) in [5.41, 5.74) is 5.25. The minimum atomic E-state index is -0.594. The average molecular weight is 655 g/mol. The molecule has 43 heavy (non-hydrogen) atoms. The molecule has 1 aliphatic rings. The van der Waals surface area contributed by atoms with Crippen molar-refractivity contribution in [2.75, 3.05) is 58.9 Å². The quantitative estimate of drug-likeness (QED) is 0.0387. The van der Waals surface area contributed by atoms with Crippen molar-refractivity contribution in [3.63, 3.8) is 0 Å². The SMILES string of the molecule is CSS[C@H](C)O[C@@H]1C[C@H](BC#CCNC(=O)COCCOC(COc2cccc(C(=O)NCCN)c2)SC#N)OC1CO. The lowest BCUT2D eigenvalue weighted by Gasteiger charge is -2.20. The molecule has 2 amide bonds. The number of amides is 2. The molecule has 5 N–H and O–H groups in total. The monoisotopic (exact) mass is 654 g/mol. The van der Waals surface area contributed by atoms with Gasteiger partial charge in [-0.25, -0.2) is 0 Å². The normalized spacial score (nSPS) is 18.9. The summed E-state index contributed by atoms with van der Waals surface area (Å²) in [5, 5.41) is 26.0. The Labute approximate surface area is 265 Å². The molecule has 16 heteroatoms. The van der Waals surface area contributed by atoms with E-state index in [-0.39, 0.29) is 75.0 Å². The number of carbonyl (C=O) groups excluding carboxylic acids is 2. The van der Waals surface area contributed by atoms with Gasteiger partial charge in [-0.1, -0.05) is 33.6 Å². The molecule has 0 saturated carbocycles. The highest BCUT2D eigenvalue weighted by Gasteiger charge is 2.36. The molecule has 0 aromatic heterocycles. The minimum Gasteiger partial charge on any atom is -0.490 e. The third-order valence-corrected chi connectivity index (χ3v) is 8.35. The zero-order chi connectivity index (χ0) is 31.3. The van der Waals surface area contributed by atoms with Crippen LogP contribution in [0.3, 0.4) is 0 Å². The van der Waals surface area contributed by atoms with E-state index in [4.69, 9.17) is 34.7 Å². The third kappa shape index (κ3) is 15.4. The van der Waals surface area contributed by atoms with E-state index in [1.54, 1.807) is 45.9 Å². The number of nitrogens with one attached hydrogen (secondary N) is 2. The summed E-state index contributed by atoms with van der Waals surface area (Å²) in [4.78, 5) is 24.1. The highest BCUT2D eigenvalue weighted by Crippen LogP contribution is 2.30. The van der Waals surface area contributed by atoms with Gasteiger partial charge in [-0.05, 0) is 49.6 Å². The van der Waals surface area contributed by atoms with Gasteiger partial charge in [-0.2, -0.15) is 11.1 Å². The molecule has 0 spiro atoms. The largest absolute Gasteiger partial charge is 0.490 e. The lowest BCUT2D eigenvalue weighted by Crippen LogP contribution is -2.29. The van der Waals surface area contributed by atoms with Crippen LogP contribution in [-0.4, -0.2) is 112 Å². The van der Waals surface area contributed by atoms with Crippen molar-refractivity contribution in [2.24, 2.45) is 5.73 Å². The molecule has 0 bridgehead atoms. The maximum atomic E-state index is 12.1. The van der Waals surface area contributed by atoms with Gasteiger partial charge in [-0.15, -0.1) is 0 Å². The predicted octanol–water partition coefficient (Wildman–Crippen LogP) is 0.691. The second kappa shape index (κ2) is 22.4. The molecule has 1 aromatic carbocycles. The van der Waals surface area contributed by atoms with Crippen LogP contribution in [0.5, 0.6) is 5.75 Å². The van der Waals surface area contributed by atoms with Gasteiger partial charge in [0.05, 0.1) is 32.5 Å². The first-order chi connectivity index (χ1) is 20.9. The van der Waals surface area contributed by atoms with E-state index in [1.165, 1.54) is 0 Å². The first kappa shape index (κ1) is 37.1. The molecule has 0 radical (unpaired) electrons. The molecule has 1 fully saturated rings. The van der Waals surface area contributed by atoms with Crippen LogP contribution in [0.1, 0.15) is 23.7 Å². The minimum absolute atomic E-state index is 0.00394. The lowest BCUT2D eigenvalue weighted by atomic mass is 9.71. The van der Waals surface area contributed by atoms with Crippen molar-refractivity contribution in [1.29, 1.82) is 5.26 Å². The summed E-state index contributed by atoms with van der Waals surface area (Å²) in [5.74, 6) is 5.79. The van der Waals surface area contributed by atoms with Gasteiger partial charge in [0.1, 0.15) is 35.9 Å². The Morgan fingerprint density at radius 3 is 2.91 bits per heavy atom. The van der Waals surface area contributed by atoms with E-state index < -0.39 is 5.44 Å². The van der Waals surface area contributed by atoms with Crippen LogP contribution in [0, 0.1) is 22.4 Å². The Morgan fingerprint density at radius 1 is 1.33 bits per heavy atom. The molecular formula is C27H39BN4O8S3. The number of nitrogens with zero attached hydrogens (tertiary/aromatic N) is 1. The number of hydrogen-bond donors (Lipinski definition) is 4. The van der Waals surface area contributed by atoms with Crippen LogP contribution in [-0.2, 0) is 23.7 Å². The molecular weight excluding hydrogens is 615 g/mol. The number of hydrogen-bond acceptors (Lipinski definition) is 13. The van der Waals surface area contributed by atoms with Crippen LogP contribution < -0.4 is 21.1 Å². The summed E-state index contributed by atoms with van der Waals surface area (Å²) < 4.78 is 28.5. The fourth-order valence-corrected chi connectivity index (χ4v) is 5.67. The van der Waals surface area contributed by atoms with E-state index in [0.29, 0.717) is 38.1 Å². The standard InChI is InChI=1S/C27H39BN4O8S3/c1-19(43-41-2)39-22-14-24(40-23(22)15-33)28-7-4-9-31-25(34)16-36-11-12-37-26(42-18-30)17-38-21-6-3-5-20(13-21)27(35)32-10-8-29/h3,5-6,13,19,22-24,26,28,33H,8-12,14-17,29H2,1-2H3,(H,31,34)(H,32,35)/t19-,22-,23?,24-,26?/m1/s1. The Balaban J connectivity index is 1.60. The number of nitrogens with two attached hydrogens (primary N) is 1. The number of ether oxygens (including phenoxy) is 5. The summed E-state index contributed by atoms with van der Waals surface area (Å²) in [6.07, 6.45) is 2.10.